The zero-order valence-corrected chi connectivity index (χ0v) is 11.8. The predicted octanol–water partition coefficient (Wildman–Crippen LogP) is 1.29. The van der Waals surface area contributed by atoms with Gasteiger partial charge in [-0.25, -0.2) is 8.42 Å². The monoisotopic (exact) mass is 280 g/mol. The van der Waals surface area contributed by atoms with Crippen LogP contribution in [0.2, 0.25) is 0 Å². The Kier molecular flexibility index (Phi) is 5.07. The molecule has 102 valence electrons. The molecule has 0 heterocycles. The third kappa shape index (κ3) is 4.38. The van der Waals surface area contributed by atoms with Crippen LogP contribution in [-0.2, 0) is 14.6 Å². The minimum atomic E-state index is -3.66. The van der Waals surface area contributed by atoms with Gasteiger partial charge in [0.05, 0.1) is 6.07 Å². The van der Waals surface area contributed by atoms with Crippen LogP contribution in [0.5, 0.6) is 0 Å². The number of rotatable bonds is 5. The van der Waals surface area contributed by atoms with Crippen molar-refractivity contribution in [2.75, 3.05) is 23.0 Å². The van der Waals surface area contributed by atoms with Crippen LogP contribution in [0.15, 0.2) is 24.3 Å². The number of nitrogens with zero attached hydrogens (tertiary/aromatic N) is 2. The second kappa shape index (κ2) is 6.34. The topological polar surface area (TPSA) is 78.2 Å². The van der Waals surface area contributed by atoms with Gasteiger partial charge in [0.25, 0.3) is 0 Å². The van der Waals surface area contributed by atoms with Gasteiger partial charge >= 0.3 is 0 Å². The Balaban J connectivity index is 2.93. The van der Waals surface area contributed by atoms with Gasteiger partial charge in [0.15, 0.2) is 9.84 Å². The van der Waals surface area contributed by atoms with Gasteiger partial charge in [0.2, 0.25) is 5.91 Å². The molecule has 0 aliphatic carbocycles. The van der Waals surface area contributed by atoms with E-state index in [1.54, 1.807) is 19.1 Å². The maximum absolute atomic E-state index is 12.0. The Bertz CT molecular complexity index is 603. The highest BCUT2D eigenvalue weighted by atomic mass is 32.2. The van der Waals surface area contributed by atoms with Crippen molar-refractivity contribution in [1.29, 1.82) is 5.26 Å². The summed E-state index contributed by atoms with van der Waals surface area (Å²) in [6, 6.07) is 8.84. The van der Waals surface area contributed by atoms with Gasteiger partial charge in [-0.05, 0) is 31.5 Å². The Labute approximate surface area is 113 Å². The Morgan fingerprint density at radius 2 is 2.11 bits per heavy atom. The quantitative estimate of drug-likeness (QED) is 0.814. The van der Waals surface area contributed by atoms with E-state index < -0.39 is 27.3 Å². The first-order chi connectivity index (χ1) is 8.89. The molecule has 1 rings (SSSR count). The molecule has 0 aliphatic heterocycles. The summed E-state index contributed by atoms with van der Waals surface area (Å²) in [6.45, 7) is 4.05. The molecule has 0 bridgehead atoms. The smallest absolute Gasteiger partial charge is 0.242 e. The molecule has 0 N–H and O–H groups in total. The zero-order chi connectivity index (χ0) is 14.5. The molecule has 1 amide bonds. The summed E-state index contributed by atoms with van der Waals surface area (Å²) in [5, 5.41) is 8.41. The third-order valence-corrected chi connectivity index (χ3v) is 3.81. The highest BCUT2D eigenvalue weighted by Crippen LogP contribution is 2.16. The third-order valence-electron chi connectivity index (χ3n) is 2.56. The molecule has 6 heteroatoms. The molecule has 5 nitrogen and oxygen atoms in total. The summed E-state index contributed by atoms with van der Waals surface area (Å²) in [6.07, 6.45) is 0. The molecular weight excluding hydrogens is 264 g/mol. The van der Waals surface area contributed by atoms with Crippen molar-refractivity contribution < 1.29 is 13.2 Å². The lowest BCUT2D eigenvalue weighted by molar-refractivity contribution is -0.116. The lowest BCUT2D eigenvalue weighted by atomic mass is 10.2. The van der Waals surface area contributed by atoms with E-state index in [2.05, 4.69) is 0 Å². The van der Waals surface area contributed by atoms with E-state index in [0.29, 0.717) is 12.2 Å². The van der Waals surface area contributed by atoms with Crippen LogP contribution in [0, 0.1) is 18.3 Å². The number of amides is 1. The Morgan fingerprint density at radius 3 is 2.63 bits per heavy atom. The van der Waals surface area contributed by atoms with Crippen molar-refractivity contribution in [2.45, 2.75) is 13.8 Å². The predicted molar refractivity (Wildman–Crippen MR) is 73.5 cm³/mol. The van der Waals surface area contributed by atoms with Gasteiger partial charge in [-0.3, -0.25) is 4.79 Å². The van der Waals surface area contributed by atoms with Gasteiger partial charge in [-0.15, -0.1) is 0 Å². The summed E-state index contributed by atoms with van der Waals surface area (Å²) in [5.41, 5.74) is 1.66. The van der Waals surface area contributed by atoms with Gasteiger partial charge in [-0.1, -0.05) is 12.1 Å². The fourth-order valence-electron chi connectivity index (χ4n) is 1.71. The van der Waals surface area contributed by atoms with E-state index >= 15 is 0 Å². The fourth-order valence-corrected chi connectivity index (χ4v) is 2.55. The van der Waals surface area contributed by atoms with Crippen molar-refractivity contribution in [1.82, 2.24) is 0 Å². The number of hydrogen-bond acceptors (Lipinski definition) is 4. The van der Waals surface area contributed by atoms with Gasteiger partial charge in [-0.2, -0.15) is 5.26 Å². The Hall–Kier alpha value is -1.87. The molecule has 0 saturated heterocycles. The number of anilines is 1. The van der Waals surface area contributed by atoms with Gasteiger partial charge in [0.1, 0.15) is 11.5 Å². The van der Waals surface area contributed by atoms with Crippen LogP contribution in [0.1, 0.15) is 12.5 Å². The first kappa shape index (κ1) is 15.2. The van der Waals surface area contributed by atoms with Crippen molar-refractivity contribution >= 4 is 21.4 Å². The van der Waals surface area contributed by atoms with Crippen LogP contribution in [0.4, 0.5) is 5.69 Å². The number of nitriles is 1. The summed E-state index contributed by atoms with van der Waals surface area (Å²) in [4.78, 5) is 13.4. The molecule has 0 aromatic heterocycles. The van der Waals surface area contributed by atoms with Crippen LogP contribution in [0.3, 0.4) is 0 Å². The van der Waals surface area contributed by atoms with Crippen LogP contribution >= 0.6 is 0 Å². The minimum Gasteiger partial charge on any atom is -0.312 e. The molecule has 0 spiro atoms. The highest BCUT2D eigenvalue weighted by molar-refractivity contribution is 7.92. The van der Waals surface area contributed by atoms with Crippen molar-refractivity contribution in [3.63, 3.8) is 0 Å². The molecule has 1 aromatic rings. The summed E-state index contributed by atoms with van der Waals surface area (Å²) < 4.78 is 23.0. The molecule has 0 radical (unpaired) electrons. The number of aryl methyl sites for hydroxylation is 1. The summed E-state index contributed by atoms with van der Waals surface area (Å²) in [7, 11) is -3.66. The minimum absolute atomic E-state index is 0.379. The van der Waals surface area contributed by atoms with Crippen molar-refractivity contribution in [3.05, 3.63) is 29.8 Å². The van der Waals surface area contributed by atoms with E-state index in [4.69, 9.17) is 5.26 Å². The molecule has 0 fully saturated rings. The SMILES string of the molecule is CCN(C(=O)CS(=O)(=O)CC#N)c1cccc(C)c1. The molecule has 0 aliphatic rings. The lowest BCUT2D eigenvalue weighted by Crippen LogP contribution is -2.36. The summed E-state index contributed by atoms with van der Waals surface area (Å²) >= 11 is 0. The maximum Gasteiger partial charge on any atom is 0.242 e. The lowest BCUT2D eigenvalue weighted by Gasteiger charge is -2.21. The first-order valence-corrected chi connectivity index (χ1v) is 7.66. The number of hydrogen-bond donors (Lipinski definition) is 0. The van der Waals surface area contributed by atoms with Crippen LogP contribution in [-0.4, -0.2) is 32.4 Å². The van der Waals surface area contributed by atoms with Crippen molar-refractivity contribution in [3.8, 4) is 6.07 Å². The number of carbonyl (C=O) groups is 1. The molecule has 0 saturated carbocycles. The van der Waals surface area contributed by atoms with E-state index in [1.165, 1.54) is 4.90 Å². The largest absolute Gasteiger partial charge is 0.312 e. The van der Waals surface area contributed by atoms with Crippen LogP contribution < -0.4 is 4.90 Å². The van der Waals surface area contributed by atoms with E-state index in [-0.39, 0.29) is 0 Å². The highest BCUT2D eigenvalue weighted by Gasteiger charge is 2.21. The zero-order valence-electron chi connectivity index (χ0n) is 11.0. The first-order valence-electron chi connectivity index (χ1n) is 5.84. The number of benzene rings is 1. The molecular formula is C13H16N2O3S. The molecule has 0 atom stereocenters. The molecule has 1 aromatic carbocycles. The van der Waals surface area contributed by atoms with Crippen LogP contribution in [0.25, 0.3) is 0 Å². The van der Waals surface area contributed by atoms with E-state index in [0.717, 1.165) is 5.56 Å². The van der Waals surface area contributed by atoms with E-state index in [1.807, 2.05) is 25.1 Å². The average molecular weight is 280 g/mol. The Morgan fingerprint density at radius 1 is 1.42 bits per heavy atom. The number of sulfone groups is 1. The molecule has 0 unspecified atom stereocenters. The normalized spacial score (nSPS) is 10.8. The number of carbonyl (C=O) groups excluding carboxylic acids is 1. The summed E-state index contributed by atoms with van der Waals surface area (Å²) in [5.74, 6) is -1.78. The second-order valence-electron chi connectivity index (χ2n) is 4.17. The van der Waals surface area contributed by atoms with E-state index in [9.17, 15) is 13.2 Å². The standard InChI is InChI=1S/C13H16N2O3S/c1-3-15(12-6-4-5-11(2)9-12)13(16)10-19(17,18)8-7-14/h4-6,9H,3,8,10H2,1-2H3. The second-order valence-corrected chi connectivity index (χ2v) is 6.23. The fraction of sp³-hybridized carbons (Fsp3) is 0.385. The van der Waals surface area contributed by atoms with Gasteiger partial charge < -0.3 is 4.90 Å². The molecule has 19 heavy (non-hydrogen) atoms. The van der Waals surface area contributed by atoms with Crippen molar-refractivity contribution in [2.24, 2.45) is 0 Å². The van der Waals surface area contributed by atoms with Gasteiger partial charge in [0, 0.05) is 12.2 Å². The maximum atomic E-state index is 12.0. The average Bonchev–Trinajstić information content (AvgIpc) is 2.28.